The minimum Gasteiger partial charge on any atom is -0.484 e. The van der Waals surface area contributed by atoms with E-state index in [2.05, 4.69) is 15.9 Å². The van der Waals surface area contributed by atoms with Gasteiger partial charge in [-0.1, -0.05) is 22.4 Å². The zero-order valence-corrected chi connectivity index (χ0v) is 12.1. The van der Waals surface area contributed by atoms with Gasteiger partial charge in [0.05, 0.1) is 0 Å². The number of hydrogen-bond acceptors (Lipinski definition) is 2. The summed E-state index contributed by atoms with van der Waals surface area (Å²) in [6.45, 7) is 0.980. The van der Waals surface area contributed by atoms with Crippen LogP contribution in [0.1, 0.15) is 19.3 Å². The van der Waals surface area contributed by atoms with Crippen LogP contribution in [0.2, 0.25) is 0 Å². The molecule has 1 aliphatic carbocycles. The Morgan fingerprint density at radius 2 is 2.06 bits per heavy atom. The van der Waals surface area contributed by atoms with Crippen LogP contribution in [0, 0.1) is 5.92 Å². The zero-order valence-electron chi connectivity index (χ0n) is 10.6. The van der Waals surface area contributed by atoms with Crippen molar-refractivity contribution in [1.29, 1.82) is 0 Å². The Balaban J connectivity index is 1.74. The average Bonchev–Trinajstić information content (AvgIpc) is 2.32. The number of nitrogens with zero attached hydrogens (tertiary/aromatic N) is 1. The first-order chi connectivity index (χ1) is 8.65. The minimum absolute atomic E-state index is 0.0461. The summed E-state index contributed by atoms with van der Waals surface area (Å²) in [5, 5.41) is 0. The molecule has 0 unspecified atom stereocenters. The third-order valence-corrected chi connectivity index (χ3v) is 3.89. The molecule has 1 aromatic carbocycles. The molecule has 2 rings (SSSR count). The molecule has 0 saturated heterocycles. The van der Waals surface area contributed by atoms with E-state index in [1.807, 2.05) is 31.3 Å². The monoisotopic (exact) mass is 311 g/mol. The van der Waals surface area contributed by atoms with Crippen LogP contribution < -0.4 is 4.74 Å². The fraction of sp³-hybridized carbons (Fsp3) is 0.500. The third kappa shape index (κ3) is 3.73. The van der Waals surface area contributed by atoms with Gasteiger partial charge in [-0.05, 0) is 43.0 Å². The lowest BCUT2D eigenvalue weighted by molar-refractivity contribution is -0.133. The number of amides is 1. The Bertz CT molecular complexity index is 401. The second-order valence-electron chi connectivity index (χ2n) is 4.81. The van der Waals surface area contributed by atoms with E-state index in [1.54, 1.807) is 4.90 Å². The van der Waals surface area contributed by atoms with E-state index >= 15 is 0 Å². The van der Waals surface area contributed by atoms with Gasteiger partial charge in [0.1, 0.15) is 5.75 Å². The van der Waals surface area contributed by atoms with Crippen molar-refractivity contribution in [3.8, 4) is 5.75 Å². The molecule has 1 amide bonds. The number of likely N-dealkylation sites (N-methyl/N-ethyl adjacent to an activating group) is 1. The Morgan fingerprint density at radius 3 is 2.61 bits per heavy atom. The van der Waals surface area contributed by atoms with Crippen molar-refractivity contribution in [3.63, 3.8) is 0 Å². The van der Waals surface area contributed by atoms with Gasteiger partial charge in [-0.15, -0.1) is 0 Å². The first-order valence-corrected chi connectivity index (χ1v) is 7.07. The van der Waals surface area contributed by atoms with E-state index in [4.69, 9.17) is 4.74 Å². The summed E-state index contributed by atoms with van der Waals surface area (Å²) in [5.41, 5.74) is 0. The fourth-order valence-electron chi connectivity index (χ4n) is 1.95. The summed E-state index contributed by atoms with van der Waals surface area (Å²) in [4.78, 5) is 13.6. The molecule has 0 N–H and O–H groups in total. The smallest absolute Gasteiger partial charge is 0.260 e. The first kappa shape index (κ1) is 13.4. The van der Waals surface area contributed by atoms with Gasteiger partial charge < -0.3 is 9.64 Å². The molecular formula is C14H18BrNO2. The predicted molar refractivity (Wildman–Crippen MR) is 74.6 cm³/mol. The lowest BCUT2D eigenvalue weighted by Crippen LogP contribution is -2.37. The van der Waals surface area contributed by atoms with Crippen LogP contribution in [0.4, 0.5) is 0 Å². The van der Waals surface area contributed by atoms with Crippen LogP contribution in [0.3, 0.4) is 0 Å². The molecule has 1 aliphatic rings. The zero-order chi connectivity index (χ0) is 13.0. The van der Waals surface area contributed by atoms with Gasteiger partial charge in [-0.3, -0.25) is 4.79 Å². The predicted octanol–water partition coefficient (Wildman–Crippen LogP) is 3.09. The molecule has 98 valence electrons. The van der Waals surface area contributed by atoms with Gasteiger partial charge in [0.2, 0.25) is 0 Å². The van der Waals surface area contributed by atoms with E-state index in [0.717, 1.165) is 16.8 Å². The van der Waals surface area contributed by atoms with E-state index < -0.39 is 0 Å². The van der Waals surface area contributed by atoms with Crippen molar-refractivity contribution in [3.05, 3.63) is 28.7 Å². The van der Waals surface area contributed by atoms with Crippen molar-refractivity contribution in [2.75, 3.05) is 20.2 Å². The summed E-state index contributed by atoms with van der Waals surface area (Å²) in [7, 11) is 1.85. The maximum atomic E-state index is 11.9. The van der Waals surface area contributed by atoms with Gasteiger partial charge >= 0.3 is 0 Å². The van der Waals surface area contributed by atoms with Crippen molar-refractivity contribution in [2.24, 2.45) is 5.92 Å². The van der Waals surface area contributed by atoms with E-state index in [0.29, 0.717) is 5.92 Å². The van der Waals surface area contributed by atoms with Gasteiger partial charge in [-0.25, -0.2) is 0 Å². The van der Waals surface area contributed by atoms with Crippen molar-refractivity contribution in [1.82, 2.24) is 4.90 Å². The maximum absolute atomic E-state index is 11.9. The molecule has 0 aromatic heterocycles. The summed E-state index contributed by atoms with van der Waals surface area (Å²) in [6, 6.07) is 7.50. The van der Waals surface area contributed by atoms with Crippen LogP contribution in [-0.2, 0) is 4.79 Å². The van der Waals surface area contributed by atoms with Gasteiger partial charge in [0.15, 0.2) is 6.61 Å². The lowest BCUT2D eigenvalue weighted by atomic mass is 9.85. The highest BCUT2D eigenvalue weighted by Crippen LogP contribution is 2.26. The topological polar surface area (TPSA) is 29.5 Å². The SMILES string of the molecule is CN(CC1CCC1)C(=O)COc1ccc(Br)cc1. The average molecular weight is 312 g/mol. The molecule has 0 bridgehead atoms. The molecule has 0 radical (unpaired) electrons. The molecule has 0 atom stereocenters. The molecule has 18 heavy (non-hydrogen) atoms. The van der Waals surface area contributed by atoms with Crippen molar-refractivity contribution >= 4 is 21.8 Å². The van der Waals surface area contributed by atoms with E-state index in [9.17, 15) is 4.79 Å². The van der Waals surface area contributed by atoms with Gasteiger partial charge in [0, 0.05) is 18.1 Å². The normalized spacial score (nSPS) is 15.0. The standard InChI is InChI=1S/C14H18BrNO2/c1-16(9-11-3-2-4-11)14(17)10-18-13-7-5-12(15)6-8-13/h5-8,11H,2-4,9-10H2,1H3. The lowest BCUT2D eigenvalue weighted by Gasteiger charge is -2.30. The van der Waals surface area contributed by atoms with Crippen molar-refractivity contribution < 1.29 is 9.53 Å². The molecule has 1 saturated carbocycles. The number of hydrogen-bond donors (Lipinski definition) is 0. The molecular weight excluding hydrogens is 294 g/mol. The Labute approximate surface area is 116 Å². The van der Waals surface area contributed by atoms with E-state index in [-0.39, 0.29) is 12.5 Å². The highest BCUT2D eigenvalue weighted by Gasteiger charge is 2.21. The number of carbonyl (C=O) groups excluding carboxylic acids is 1. The molecule has 4 heteroatoms. The van der Waals surface area contributed by atoms with Crippen molar-refractivity contribution in [2.45, 2.75) is 19.3 Å². The maximum Gasteiger partial charge on any atom is 0.260 e. The summed E-state index contributed by atoms with van der Waals surface area (Å²) in [5.74, 6) is 1.47. The Hall–Kier alpha value is -1.03. The van der Waals surface area contributed by atoms with Crippen LogP contribution in [0.5, 0.6) is 5.75 Å². The summed E-state index contributed by atoms with van der Waals surface area (Å²) >= 11 is 3.36. The fourth-order valence-corrected chi connectivity index (χ4v) is 2.21. The number of carbonyl (C=O) groups is 1. The summed E-state index contributed by atoms with van der Waals surface area (Å²) < 4.78 is 6.47. The second-order valence-corrected chi connectivity index (χ2v) is 5.73. The summed E-state index contributed by atoms with van der Waals surface area (Å²) in [6.07, 6.45) is 3.82. The number of halogens is 1. The Morgan fingerprint density at radius 1 is 1.39 bits per heavy atom. The highest BCUT2D eigenvalue weighted by atomic mass is 79.9. The minimum atomic E-state index is 0.0461. The molecule has 1 aromatic rings. The largest absolute Gasteiger partial charge is 0.484 e. The number of ether oxygens (including phenoxy) is 1. The molecule has 0 aliphatic heterocycles. The van der Waals surface area contributed by atoms with Crippen LogP contribution >= 0.6 is 15.9 Å². The van der Waals surface area contributed by atoms with E-state index in [1.165, 1.54) is 19.3 Å². The third-order valence-electron chi connectivity index (χ3n) is 3.36. The van der Waals surface area contributed by atoms with Crippen LogP contribution in [0.25, 0.3) is 0 Å². The second kappa shape index (κ2) is 6.23. The molecule has 3 nitrogen and oxygen atoms in total. The molecule has 0 heterocycles. The molecule has 1 fully saturated rings. The van der Waals surface area contributed by atoms with Gasteiger partial charge in [-0.2, -0.15) is 0 Å². The highest BCUT2D eigenvalue weighted by molar-refractivity contribution is 9.10. The van der Waals surface area contributed by atoms with Crippen LogP contribution in [-0.4, -0.2) is 31.0 Å². The quantitative estimate of drug-likeness (QED) is 0.836. The van der Waals surface area contributed by atoms with Gasteiger partial charge in [0.25, 0.3) is 5.91 Å². The Kier molecular flexibility index (Phi) is 4.64. The number of rotatable bonds is 5. The van der Waals surface area contributed by atoms with Crippen LogP contribution in [0.15, 0.2) is 28.7 Å². The molecule has 0 spiro atoms. The first-order valence-electron chi connectivity index (χ1n) is 6.27. The number of benzene rings is 1.